The van der Waals surface area contributed by atoms with Crippen LogP contribution in [-0.2, 0) is 21.2 Å². The number of carbonyl (C=O) groups excluding carboxylic acids is 1. The normalized spacial score (nSPS) is 11.1. The standard InChI is InChI=1S/C28H24BrNO4S/c1-2-21-13-16-24(17-14-21)30(35(32,33)25-11-7-4-8-12-25)28(31)20-34-27-18-15-23(19-26(27)29)22-9-5-3-6-10-22/h3-19H,2,20H2,1H3. The molecule has 0 bridgehead atoms. The van der Waals surface area contributed by atoms with Crippen LogP contribution in [-0.4, -0.2) is 20.9 Å². The minimum atomic E-state index is -4.14. The van der Waals surface area contributed by atoms with Crippen LogP contribution in [0, 0.1) is 0 Å². The SMILES string of the molecule is CCc1ccc(N(C(=O)COc2ccc(-c3ccccc3)cc2Br)S(=O)(=O)c2ccccc2)cc1. The number of amides is 1. The Labute approximate surface area is 214 Å². The summed E-state index contributed by atoms with van der Waals surface area (Å²) in [7, 11) is -4.14. The number of hydrogen-bond donors (Lipinski definition) is 0. The second-order valence-electron chi connectivity index (χ2n) is 7.80. The lowest BCUT2D eigenvalue weighted by atomic mass is 10.1. The van der Waals surface area contributed by atoms with Crippen molar-refractivity contribution in [1.82, 2.24) is 0 Å². The maximum atomic E-state index is 13.4. The number of aryl methyl sites for hydroxylation is 1. The predicted octanol–water partition coefficient (Wildman–Crippen LogP) is 6.48. The molecular weight excluding hydrogens is 526 g/mol. The molecule has 0 atom stereocenters. The van der Waals surface area contributed by atoms with Gasteiger partial charge in [-0.1, -0.05) is 73.7 Å². The summed E-state index contributed by atoms with van der Waals surface area (Å²) in [6, 6.07) is 30.2. The molecule has 5 nitrogen and oxygen atoms in total. The van der Waals surface area contributed by atoms with Crippen molar-refractivity contribution < 1.29 is 17.9 Å². The minimum Gasteiger partial charge on any atom is -0.483 e. The average molecular weight is 550 g/mol. The number of nitrogens with zero attached hydrogens (tertiary/aromatic N) is 1. The van der Waals surface area contributed by atoms with Crippen LogP contribution < -0.4 is 9.04 Å². The fraction of sp³-hybridized carbons (Fsp3) is 0.107. The zero-order chi connectivity index (χ0) is 24.8. The maximum absolute atomic E-state index is 13.4. The third-order valence-electron chi connectivity index (χ3n) is 5.48. The number of hydrogen-bond acceptors (Lipinski definition) is 4. The first-order valence-corrected chi connectivity index (χ1v) is 13.3. The van der Waals surface area contributed by atoms with E-state index in [1.54, 1.807) is 36.4 Å². The van der Waals surface area contributed by atoms with E-state index in [9.17, 15) is 13.2 Å². The minimum absolute atomic E-state index is 0.0290. The highest BCUT2D eigenvalue weighted by Gasteiger charge is 2.31. The number of carbonyl (C=O) groups is 1. The Morgan fingerprint density at radius 3 is 2.06 bits per heavy atom. The molecule has 0 saturated heterocycles. The maximum Gasteiger partial charge on any atom is 0.278 e. The van der Waals surface area contributed by atoms with E-state index in [2.05, 4.69) is 15.9 Å². The largest absolute Gasteiger partial charge is 0.483 e. The molecule has 0 aromatic heterocycles. The molecule has 0 fully saturated rings. The molecule has 0 spiro atoms. The second-order valence-corrected chi connectivity index (χ2v) is 10.4. The third-order valence-corrected chi connectivity index (χ3v) is 7.86. The summed E-state index contributed by atoms with van der Waals surface area (Å²) in [6.07, 6.45) is 0.801. The van der Waals surface area contributed by atoms with Crippen molar-refractivity contribution in [2.45, 2.75) is 18.2 Å². The molecule has 7 heteroatoms. The number of anilines is 1. The Morgan fingerprint density at radius 1 is 0.829 bits per heavy atom. The van der Waals surface area contributed by atoms with Crippen LogP contribution in [0.1, 0.15) is 12.5 Å². The molecular formula is C28H24BrNO4S. The van der Waals surface area contributed by atoms with Crippen molar-refractivity contribution >= 4 is 37.5 Å². The highest BCUT2D eigenvalue weighted by molar-refractivity contribution is 9.10. The highest BCUT2D eigenvalue weighted by Crippen LogP contribution is 2.31. The fourth-order valence-electron chi connectivity index (χ4n) is 3.61. The van der Waals surface area contributed by atoms with Gasteiger partial charge in [0.15, 0.2) is 6.61 Å². The topological polar surface area (TPSA) is 63.7 Å². The first-order chi connectivity index (χ1) is 16.9. The Hall–Kier alpha value is -3.42. The lowest BCUT2D eigenvalue weighted by Crippen LogP contribution is -2.40. The Bertz CT molecular complexity index is 1410. The number of rotatable bonds is 8. The zero-order valence-electron chi connectivity index (χ0n) is 19.1. The summed E-state index contributed by atoms with van der Waals surface area (Å²) in [4.78, 5) is 13.3. The van der Waals surface area contributed by atoms with Gasteiger partial charge in [-0.15, -0.1) is 0 Å². The Balaban J connectivity index is 1.60. The van der Waals surface area contributed by atoms with Gasteiger partial charge in [0.2, 0.25) is 0 Å². The molecule has 1 amide bonds. The summed E-state index contributed by atoms with van der Waals surface area (Å²) < 4.78 is 34.1. The monoisotopic (exact) mass is 549 g/mol. The van der Waals surface area contributed by atoms with E-state index in [0.29, 0.717) is 10.2 Å². The quantitative estimate of drug-likeness (QED) is 0.252. The van der Waals surface area contributed by atoms with Crippen LogP contribution in [0.15, 0.2) is 112 Å². The smallest absolute Gasteiger partial charge is 0.278 e. The zero-order valence-corrected chi connectivity index (χ0v) is 21.5. The van der Waals surface area contributed by atoms with Crippen molar-refractivity contribution in [2.75, 3.05) is 10.9 Å². The summed E-state index contributed by atoms with van der Waals surface area (Å²) in [5.41, 5.74) is 3.34. The summed E-state index contributed by atoms with van der Waals surface area (Å²) >= 11 is 3.50. The molecule has 0 saturated carbocycles. The summed E-state index contributed by atoms with van der Waals surface area (Å²) in [5, 5.41) is 0. The molecule has 0 aliphatic heterocycles. The van der Waals surface area contributed by atoms with Gasteiger partial charge < -0.3 is 4.74 Å². The van der Waals surface area contributed by atoms with Crippen LogP contribution >= 0.6 is 15.9 Å². The lowest BCUT2D eigenvalue weighted by molar-refractivity contribution is -0.119. The van der Waals surface area contributed by atoms with Gasteiger partial charge in [-0.2, -0.15) is 4.31 Å². The van der Waals surface area contributed by atoms with Gasteiger partial charge in [0.05, 0.1) is 15.1 Å². The van der Waals surface area contributed by atoms with Crippen LogP contribution in [0.5, 0.6) is 5.75 Å². The van der Waals surface area contributed by atoms with Crippen molar-refractivity contribution in [3.8, 4) is 16.9 Å². The number of benzene rings is 4. The second kappa shape index (κ2) is 10.9. The van der Waals surface area contributed by atoms with Crippen LogP contribution in [0.25, 0.3) is 11.1 Å². The van der Waals surface area contributed by atoms with Gasteiger partial charge in [-0.3, -0.25) is 4.79 Å². The number of sulfonamides is 1. The molecule has 0 unspecified atom stereocenters. The average Bonchev–Trinajstić information content (AvgIpc) is 2.89. The van der Waals surface area contributed by atoms with Gasteiger partial charge >= 0.3 is 0 Å². The molecule has 4 aromatic rings. The molecule has 0 heterocycles. The van der Waals surface area contributed by atoms with Gasteiger partial charge in [0, 0.05) is 0 Å². The molecule has 4 aromatic carbocycles. The van der Waals surface area contributed by atoms with Crippen LogP contribution in [0.3, 0.4) is 0 Å². The molecule has 178 valence electrons. The summed E-state index contributed by atoms with van der Waals surface area (Å²) in [5.74, 6) is -0.256. The van der Waals surface area contributed by atoms with E-state index in [0.717, 1.165) is 27.4 Å². The number of halogens is 1. The van der Waals surface area contributed by atoms with E-state index in [-0.39, 0.29) is 10.6 Å². The van der Waals surface area contributed by atoms with E-state index in [1.165, 1.54) is 12.1 Å². The first kappa shape index (κ1) is 24.7. The molecule has 4 rings (SSSR count). The van der Waals surface area contributed by atoms with Gasteiger partial charge in [0.25, 0.3) is 15.9 Å². The predicted molar refractivity (Wildman–Crippen MR) is 142 cm³/mol. The van der Waals surface area contributed by atoms with E-state index in [1.807, 2.05) is 61.5 Å². The van der Waals surface area contributed by atoms with Gasteiger partial charge in [-0.25, -0.2) is 8.42 Å². The fourth-order valence-corrected chi connectivity index (χ4v) is 5.53. The van der Waals surface area contributed by atoms with Crippen molar-refractivity contribution in [1.29, 1.82) is 0 Å². The lowest BCUT2D eigenvalue weighted by Gasteiger charge is -2.23. The highest BCUT2D eigenvalue weighted by atomic mass is 79.9. The first-order valence-electron chi connectivity index (χ1n) is 11.1. The number of ether oxygens (including phenoxy) is 1. The van der Waals surface area contributed by atoms with Crippen LogP contribution in [0.2, 0.25) is 0 Å². The molecule has 0 aliphatic carbocycles. The molecule has 0 aliphatic rings. The Morgan fingerprint density at radius 2 is 1.46 bits per heavy atom. The Kier molecular flexibility index (Phi) is 7.68. The molecule has 35 heavy (non-hydrogen) atoms. The van der Waals surface area contributed by atoms with Crippen LogP contribution in [0.4, 0.5) is 5.69 Å². The van der Waals surface area contributed by atoms with Crippen molar-refractivity contribution in [2.24, 2.45) is 0 Å². The van der Waals surface area contributed by atoms with E-state index >= 15 is 0 Å². The molecule has 0 radical (unpaired) electrons. The summed E-state index contributed by atoms with van der Waals surface area (Å²) in [6.45, 7) is 1.55. The van der Waals surface area contributed by atoms with Gasteiger partial charge in [0.1, 0.15) is 5.75 Å². The van der Waals surface area contributed by atoms with E-state index < -0.39 is 22.5 Å². The third kappa shape index (κ3) is 5.63. The van der Waals surface area contributed by atoms with E-state index in [4.69, 9.17) is 4.74 Å². The molecule has 0 N–H and O–H groups in total. The van der Waals surface area contributed by atoms with Gasteiger partial charge in [-0.05, 0) is 75.4 Å². The van der Waals surface area contributed by atoms with Crippen molar-refractivity contribution in [3.05, 3.63) is 113 Å². The van der Waals surface area contributed by atoms with Crippen molar-refractivity contribution in [3.63, 3.8) is 0 Å².